The topological polar surface area (TPSA) is 21.3 Å². The van der Waals surface area contributed by atoms with E-state index in [0.29, 0.717) is 12.0 Å². The lowest BCUT2D eigenvalue weighted by molar-refractivity contribution is 0.0749. The maximum absolute atomic E-state index is 12.9. The lowest BCUT2D eigenvalue weighted by Crippen LogP contribution is -2.46. The largest absolute Gasteiger partial charge is 0.489 e. The van der Waals surface area contributed by atoms with Gasteiger partial charge in [-0.3, -0.25) is 0 Å². The van der Waals surface area contributed by atoms with Crippen molar-refractivity contribution in [2.75, 3.05) is 7.05 Å². The zero-order chi connectivity index (χ0) is 13.8. The maximum Gasteiger partial charge on any atom is 0.123 e. The first-order valence-corrected chi connectivity index (χ1v) is 7.19. The molecule has 2 nitrogen and oxygen atoms in total. The third-order valence-corrected chi connectivity index (χ3v) is 4.25. The molecule has 0 aromatic heterocycles. The van der Waals surface area contributed by atoms with Gasteiger partial charge in [-0.15, -0.1) is 0 Å². The number of ether oxygens (including phenoxy) is 1. The first kappa shape index (κ1) is 14.3. The zero-order valence-corrected chi connectivity index (χ0v) is 12.0. The highest BCUT2D eigenvalue weighted by molar-refractivity contribution is 5.22. The van der Waals surface area contributed by atoms with E-state index in [1.807, 2.05) is 7.05 Å². The van der Waals surface area contributed by atoms with Crippen LogP contribution in [0.1, 0.15) is 33.1 Å². The molecule has 1 aliphatic carbocycles. The molecule has 0 heterocycles. The van der Waals surface area contributed by atoms with Crippen LogP contribution in [0.15, 0.2) is 24.3 Å². The second-order valence-corrected chi connectivity index (χ2v) is 5.82. The third kappa shape index (κ3) is 3.69. The fourth-order valence-electron chi connectivity index (χ4n) is 2.91. The highest BCUT2D eigenvalue weighted by Crippen LogP contribution is 2.32. The van der Waals surface area contributed by atoms with E-state index in [1.165, 1.54) is 18.6 Å². The van der Waals surface area contributed by atoms with Crippen LogP contribution in [-0.4, -0.2) is 19.2 Å². The van der Waals surface area contributed by atoms with Crippen LogP contribution >= 0.6 is 0 Å². The Hall–Kier alpha value is -1.09. The predicted molar refractivity (Wildman–Crippen MR) is 75.8 cm³/mol. The molecule has 1 fully saturated rings. The average molecular weight is 265 g/mol. The molecule has 3 unspecified atom stereocenters. The molecule has 3 atom stereocenters. The molecule has 19 heavy (non-hydrogen) atoms. The Bertz CT molecular complexity index is 390. The Balaban J connectivity index is 2.03. The van der Waals surface area contributed by atoms with Crippen LogP contribution in [0.4, 0.5) is 4.39 Å². The van der Waals surface area contributed by atoms with Crippen molar-refractivity contribution in [2.24, 2.45) is 11.8 Å². The van der Waals surface area contributed by atoms with E-state index in [2.05, 4.69) is 19.2 Å². The monoisotopic (exact) mass is 265 g/mol. The number of hydrogen-bond acceptors (Lipinski definition) is 2. The molecule has 0 amide bonds. The van der Waals surface area contributed by atoms with Crippen molar-refractivity contribution < 1.29 is 9.13 Å². The van der Waals surface area contributed by atoms with Crippen LogP contribution in [0.5, 0.6) is 5.75 Å². The molecule has 1 aromatic carbocycles. The van der Waals surface area contributed by atoms with Crippen molar-refractivity contribution in [3.05, 3.63) is 30.1 Å². The molecule has 1 aliphatic rings. The van der Waals surface area contributed by atoms with E-state index < -0.39 is 0 Å². The van der Waals surface area contributed by atoms with Crippen molar-refractivity contribution >= 4 is 0 Å². The second kappa shape index (κ2) is 6.38. The van der Waals surface area contributed by atoms with Gasteiger partial charge in [-0.25, -0.2) is 4.39 Å². The summed E-state index contributed by atoms with van der Waals surface area (Å²) in [7, 11) is 1.99. The smallest absolute Gasteiger partial charge is 0.123 e. The van der Waals surface area contributed by atoms with E-state index in [9.17, 15) is 4.39 Å². The molecule has 106 valence electrons. The lowest BCUT2D eigenvalue weighted by Gasteiger charge is -2.37. The Morgan fingerprint density at radius 2 is 1.89 bits per heavy atom. The highest BCUT2D eigenvalue weighted by Gasteiger charge is 2.32. The van der Waals surface area contributed by atoms with Gasteiger partial charge in [-0.05, 0) is 62.4 Å². The van der Waals surface area contributed by atoms with Crippen LogP contribution in [0, 0.1) is 17.7 Å². The fraction of sp³-hybridized carbons (Fsp3) is 0.625. The number of likely N-dealkylation sites (N-methyl/N-ethyl adjacent to an activating group) is 1. The van der Waals surface area contributed by atoms with Gasteiger partial charge in [0, 0.05) is 6.04 Å². The Labute approximate surface area is 115 Å². The van der Waals surface area contributed by atoms with E-state index in [1.54, 1.807) is 12.1 Å². The first-order valence-electron chi connectivity index (χ1n) is 7.19. The molecular weight excluding hydrogens is 241 g/mol. The molecule has 0 bridgehead atoms. The fourth-order valence-corrected chi connectivity index (χ4v) is 2.91. The van der Waals surface area contributed by atoms with Crippen molar-refractivity contribution in [3.63, 3.8) is 0 Å². The summed E-state index contributed by atoms with van der Waals surface area (Å²) in [5.74, 6) is 1.95. The van der Waals surface area contributed by atoms with Gasteiger partial charge in [0.2, 0.25) is 0 Å². The summed E-state index contributed by atoms with van der Waals surface area (Å²) in [6, 6.07) is 6.71. The maximum atomic E-state index is 12.9. The van der Waals surface area contributed by atoms with Gasteiger partial charge in [-0.2, -0.15) is 0 Å². The van der Waals surface area contributed by atoms with Gasteiger partial charge < -0.3 is 10.1 Å². The minimum Gasteiger partial charge on any atom is -0.489 e. The van der Waals surface area contributed by atoms with Crippen LogP contribution in [0.25, 0.3) is 0 Å². The molecular formula is C16H24FNO. The van der Waals surface area contributed by atoms with Gasteiger partial charge in [0.1, 0.15) is 17.7 Å². The number of rotatable bonds is 4. The summed E-state index contributed by atoms with van der Waals surface area (Å²) in [6.07, 6.45) is 3.65. The molecule has 1 aromatic rings. The third-order valence-electron chi connectivity index (χ3n) is 4.25. The van der Waals surface area contributed by atoms with Gasteiger partial charge in [-0.1, -0.05) is 13.8 Å². The second-order valence-electron chi connectivity index (χ2n) is 5.82. The van der Waals surface area contributed by atoms with Crippen molar-refractivity contribution in [2.45, 2.75) is 45.3 Å². The van der Waals surface area contributed by atoms with E-state index in [-0.39, 0.29) is 11.9 Å². The van der Waals surface area contributed by atoms with Crippen molar-refractivity contribution in [1.82, 2.24) is 5.32 Å². The van der Waals surface area contributed by atoms with Gasteiger partial charge in [0.15, 0.2) is 0 Å². The normalized spacial score (nSPS) is 27.5. The number of hydrogen-bond donors (Lipinski definition) is 1. The van der Waals surface area contributed by atoms with E-state index in [0.717, 1.165) is 24.5 Å². The van der Waals surface area contributed by atoms with Crippen LogP contribution in [0.3, 0.4) is 0 Å². The zero-order valence-electron chi connectivity index (χ0n) is 12.0. The molecule has 0 spiro atoms. The van der Waals surface area contributed by atoms with Crippen LogP contribution in [-0.2, 0) is 0 Å². The summed E-state index contributed by atoms with van der Waals surface area (Å²) in [5, 5.41) is 3.35. The average Bonchev–Trinajstić information content (AvgIpc) is 2.41. The van der Waals surface area contributed by atoms with Crippen molar-refractivity contribution in [3.8, 4) is 5.75 Å². The van der Waals surface area contributed by atoms with E-state index >= 15 is 0 Å². The van der Waals surface area contributed by atoms with Crippen molar-refractivity contribution in [1.29, 1.82) is 0 Å². The van der Waals surface area contributed by atoms with E-state index in [4.69, 9.17) is 4.74 Å². The predicted octanol–water partition coefficient (Wildman–Crippen LogP) is 3.62. The van der Waals surface area contributed by atoms with Gasteiger partial charge >= 0.3 is 0 Å². The SMILES string of the molecule is CNC1CCC(C(C)C)CC1Oc1ccc(F)cc1. The molecule has 1 N–H and O–H groups in total. The summed E-state index contributed by atoms with van der Waals surface area (Å²) in [4.78, 5) is 0. The molecule has 3 heteroatoms. The van der Waals surface area contributed by atoms with Crippen LogP contribution < -0.4 is 10.1 Å². The molecule has 2 rings (SSSR count). The summed E-state index contributed by atoms with van der Waals surface area (Å²) in [6.45, 7) is 4.55. The molecule has 1 saturated carbocycles. The standard InChI is InChI=1S/C16H24FNO/c1-11(2)12-4-9-15(18-3)16(10-12)19-14-7-5-13(17)6-8-14/h5-8,11-12,15-16,18H,4,9-10H2,1-3H3. The quantitative estimate of drug-likeness (QED) is 0.898. The minimum absolute atomic E-state index is 0.177. The number of nitrogens with one attached hydrogen (secondary N) is 1. The van der Waals surface area contributed by atoms with Crippen LogP contribution in [0.2, 0.25) is 0 Å². The summed E-state index contributed by atoms with van der Waals surface area (Å²) >= 11 is 0. The molecule has 0 aliphatic heterocycles. The number of halogens is 1. The molecule has 0 saturated heterocycles. The summed E-state index contributed by atoms with van der Waals surface area (Å²) < 4.78 is 19.0. The number of benzene rings is 1. The van der Waals surface area contributed by atoms with Gasteiger partial charge in [0.25, 0.3) is 0 Å². The minimum atomic E-state index is -0.221. The Morgan fingerprint density at radius 3 is 2.47 bits per heavy atom. The lowest BCUT2D eigenvalue weighted by atomic mass is 9.78. The summed E-state index contributed by atoms with van der Waals surface area (Å²) in [5.41, 5.74) is 0. The molecule has 0 radical (unpaired) electrons. The highest BCUT2D eigenvalue weighted by atomic mass is 19.1. The Morgan fingerprint density at radius 1 is 1.21 bits per heavy atom. The van der Waals surface area contributed by atoms with Gasteiger partial charge in [0.05, 0.1) is 0 Å². The Kier molecular flexibility index (Phi) is 4.81. The first-order chi connectivity index (χ1) is 9.10.